The molecule has 0 aromatic heterocycles. The zero-order valence-corrected chi connectivity index (χ0v) is 14.1. The summed E-state index contributed by atoms with van der Waals surface area (Å²) in [5, 5.41) is 0. The highest BCUT2D eigenvalue weighted by Crippen LogP contribution is 2.28. The van der Waals surface area contributed by atoms with E-state index in [-0.39, 0.29) is 11.3 Å². The molecule has 0 unspecified atom stereocenters. The van der Waals surface area contributed by atoms with Crippen molar-refractivity contribution in [3.63, 3.8) is 0 Å². The van der Waals surface area contributed by atoms with Crippen LogP contribution in [0.4, 0.5) is 11.4 Å². The molecular formula is C17H27N3O2. The first-order valence-electron chi connectivity index (χ1n) is 7.76. The summed E-state index contributed by atoms with van der Waals surface area (Å²) in [5.74, 6) is 0.950. The van der Waals surface area contributed by atoms with Gasteiger partial charge in [0.25, 0.3) is 0 Å². The van der Waals surface area contributed by atoms with E-state index >= 15 is 0 Å². The Balaban J connectivity index is 1.96. The van der Waals surface area contributed by atoms with Gasteiger partial charge in [0, 0.05) is 44.4 Å². The molecule has 1 aliphatic heterocycles. The van der Waals surface area contributed by atoms with Crippen molar-refractivity contribution < 1.29 is 9.53 Å². The molecule has 1 amide bonds. The van der Waals surface area contributed by atoms with Crippen LogP contribution in [0.1, 0.15) is 27.2 Å². The van der Waals surface area contributed by atoms with E-state index in [9.17, 15) is 4.79 Å². The number of carbonyl (C=O) groups is 1. The topological polar surface area (TPSA) is 58.8 Å². The lowest BCUT2D eigenvalue weighted by atomic mass is 9.91. The number of amides is 1. The molecule has 0 radical (unpaired) electrons. The van der Waals surface area contributed by atoms with Gasteiger partial charge in [0.1, 0.15) is 5.75 Å². The summed E-state index contributed by atoms with van der Waals surface area (Å²) in [6.07, 6.45) is 0.600. The number of anilines is 2. The molecule has 1 aromatic carbocycles. The fourth-order valence-corrected chi connectivity index (χ4v) is 2.68. The first kappa shape index (κ1) is 16.5. The van der Waals surface area contributed by atoms with Crippen molar-refractivity contribution in [3.8, 4) is 5.75 Å². The Morgan fingerprint density at radius 3 is 2.41 bits per heavy atom. The van der Waals surface area contributed by atoms with E-state index in [4.69, 9.17) is 10.5 Å². The predicted octanol–water partition coefficient (Wildman–Crippen LogP) is 2.36. The Bertz CT molecular complexity index is 529. The largest absolute Gasteiger partial charge is 0.495 e. The summed E-state index contributed by atoms with van der Waals surface area (Å²) in [4.78, 5) is 16.5. The summed E-state index contributed by atoms with van der Waals surface area (Å²) >= 11 is 0. The lowest BCUT2D eigenvalue weighted by Gasteiger charge is -2.37. The first-order chi connectivity index (χ1) is 10.3. The van der Waals surface area contributed by atoms with E-state index in [0.717, 1.165) is 31.9 Å². The predicted molar refractivity (Wildman–Crippen MR) is 90.3 cm³/mol. The van der Waals surface area contributed by atoms with E-state index in [1.165, 1.54) is 0 Å². The lowest BCUT2D eigenvalue weighted by Crippen LogP contribution is -2.49. The van der Waals surface area contributed by atoms with E-state index in [1.807, 2.05) is 23.1 Å². The van der Waals surface area contributed by atoms with Crippen LogP contribution in [0, 0.1) is 5.41 Å². The van der Waals surface area contributed by atoms with Crippen LogP contribution in [-0.4, -0.2) is 44.1 Å². The van der Waals surface area contributed by atoms with Crippen molar-refractivity contribution in [2.75, 3.05) is 43.9 Å². The fraction of sp³-hybridized carbons (Fsp3) is 0.588. The minimum Gasteiger partial charge on any atom is -0.495 e. The molecule has 1 heterocycles. The third-order valence-electron chi connectivity index (χ3n) is 3.90. The van der Waals surface area contributed by atoms with Gasteiger partial charge in [-0.2, -0.15) is 0 Å². The lowest BCUT2D eigenvalue weighted by molar-refractivity contribution is -0.133. The number of benzene rings is 1. The smallest absolute Gasteiger partial charge is 0.223 e. The molecule has 2 rings (SSSR count). The van der Waals surface area contributed by atoms with Crippen LogP contribution in [0.2, 0.25) is 0 Å². The van der Waals surface area contributed by atoms with Crippen LogP contribution < -0.4 is 15.4 Å². The quantitative estimate of drug-likeness (QED) is 0.871. The second-order valence-corrected chi connectivity index (χ2v) is 7.03. The van der Waals surface area contributed by atoms with Gasteiger partial charge in [-0.05, 0) is 17.5 Å². The molecule has 5 heteroatoms. The summed E-state index contributed by atoms with van der Waals surface area (Å²) in [7, 11) is 1.62. The van der Waals surface area contributed by atoms with Crippen LogP contribution in [0.3, 0.4) is 0 Å². The number of rotatable bonds is 3. The molecule has 5 nitrogen and oxygen atoms in total. The molecule has 0 aliphatic carbocycles. The summed E-state index contributed by atoms with van der Waals surface area (Å²) in [6, 6.07) is 5.83. The number of nitrogens with two attached hydrogens (primary N) is 1. The normalized spacial score (nSPS) is 15.8. The second-order valence-electron chi connectivity index (χ2n) is 7.03. The highest BCUT2D eigenvalue weighted by atomic mass is 16.5. The zero-order valence-electron chi connectivity index (χ0n) is 14.1. The standard InChI is InChI=1S/C17H27N3O2/c1-17(2,3)12-16(21)20-9-7-19(8-10-20)13-5-6-14(18)15(11-13)22-4/h5-6,11H,7-10,12,18H2,1-4H3. The Labute approximate surface area is 133 Å². The molecule has 1 aromatic rings. The highest BCUT2D eigenvalue weighted by Gasteiger charge is 2.25. The third-order valence-corrected chi connectivity index (χ3v) is 3.90. The van der Waals surface area contributed by atoms with Crippen molar-refractivity contribution in [3.05, 3.63) is 18.2 Å². The van der Waals surface area contributed by atoms with E-state index in [0.29, 0.717) is 17.9 Å². The monoisotopic (exact) mass is 305 g/mol. The number of carbonyl (C=O) groups excluding carboxylic acids is 1. The molecule has 1 aliphatic rings. The molecule has 0 saturated carbocycles. The molecule has 1 saturated heterocycles. The van der Waals surface area contributed by atoms with E-state index < -0.39 is 0 Å². The number of nitrogens with zero attached hydrogens (tertiary/aromatic N) is 2. The molecule has 2 N–H and O–H groups in total. The van der Waals surface area contributed by atoms with Crippen molar-refractivity contribution in [1.29, 1.82) is 0 Å². The third kappa shape index (κ3) is 4.06. The van der Waals surface area contributed by atoms with E-state index in [1.54, 1.807) is 7.11 Å². The number of hydrogen-bond donors (Lipinski definition) is 1. The summed E-state index contributed by atoms with van der Waals surface area (Å²) in [5.41, 5.74) is 7.63. The van der Waals surface area contributed by atoms with Crippen molar-refractivity contribution in [2.45, 2.75) is 27.2 Å². The van der Waals surface area contributed by atoms with Gasteiger partial charge in [-0.3, -0.25) is 4.79 Å². The first-order valence-corrected chi connectivity index (χ1v) is 7.76. The van der Waals surface area contributed by atoms with Crippen LogP contribution in [0.25, 0.3) is 0 Å². The number of piperazine rings is 1. The number of hydrogen-bond acceptors (Lipinski definition) is 4. The van der Waals surface area contributed by atoms with Crippen molar-refractivity contribution in [1.82, 2.24) is 4.90 Å². The molecule has 22 heavy (non-hydrogen) atoms. The van der Waals surface area contributed by atoms with Gasteiger partial charge in [0.15, 0.2) is 0 Å². The molecule has 0 spiro atoms. The van der Waals surface area contributed by atoms with Crippen LogP contribution in [-0.2, 0) is 4.79 Å². The molecule has 122 valence electrons. The average molecular weight is 305 g/mol. The van der Waals surface area contributed by atoms with Gasteiger partial charge >= 0.3 is 0 Å². The summed E-state index contributed by atoms with van der Waals surface area (Å²) < 4.78 is 5.27. The molecule has 0 atom stereocenters. The Morgan fingerprint density at radius 1 is 1.23 bits per heavy atom. The molecule has 0 bridgehead atoms. The van der Waals surface area contributed by atoms with Crippen LogP contribution in [0.5, 0.6) is 5.75 Å². The van der Waals surface area contributed by atoms with Gasteiger partial charge in [0.2, 0.25) is 5.91 Å². The zero-order chi connectivity index (χ0) is 16.3. The average Bonchev–Trinajstić information content (AvgIpc) is 2.46. The van der Waals surface area contributed by atoms with Gasteiger partial charge in [0.05, 0.1) is 12.8 Å². The van der Waals surface area contributed by atoms with Crippen molar-refractivity contribution in [2.24, 2.45) is 5.41 Å². The van der Waals surface area contributed by atoms with Gasteiger partial charge in [-0.15, -0.1) is 0 Å². The van der Waals surface area contributed by atoms with Gasteiger partial charge in [-0.1, -0.05) is 20.8 Å². The Morgan fingerprint density at radius 2 is 1.86 bits per heavy atom. The minimum atomic E-state index is 0.0402. The van der Waals surface area contributed by atoms with Gasteiger partial charge < -0.3 is 20.3 Å². The van der Waals surface area contributed by atoms with Crippen molar-refractivity contribution >= 4 is 17.3 Å². The maximum atomic E-state index is 12.3. The summed E-state index contributed by atoms with van der Waals surface area (Å²) in [6.45, 7) is 9.50. The minimum absolute atomic E-state index is 0.0402. The second kappa shape index (κ2) is 6.46. The SMILES string of the molecule is COc1cc(N2CCN(C(=O)CC(C)(C)C)CC2)ccc1N. The number of nitrogen functional groups attached to an aromatic ring is 1. The Kier molecular flexibility index (Phi) is 4.84. The number of ether oxygens (including phenoxy) is 1. The molecule has 1 fully saturated rings. The Hall–Kier alpha value is -1.91. The fourth-order valence-electron chi connectivity index (χ4n) is 2.68. The van der Waals surface area contributed by atoms with Gasteiger partial charge in [-0.25, -0.2) is 0 Å². The highest BCUT2D eigenvalue weighted by molar-refractivity contribution is 5.77. The van der Waals surface area contributed by atoms with Crippen LogP contribution in [0.15, 0.2) is 18.2 Å². The maximum Gasteiger partial charge on any atom is 0.223 e. The van der Waals surface area contributed by atoms with Crippen LogP contribution >= 0.6 is 0 Å². The maximum absolute atomic E-state index is 12.3. The molecular weight excluding hydrogens is 278 g/mol. The number of methoxy groups -OCH3 is 1. The van der Waals surface area contributed by atoms with E-state index in [2.05, 4.69) is 25.7 Å².